The van der Waals surface area contributed by atoms with Gasteiger partial charge in [0.2, 0.25) is 0 Å². The number of aromatic nitrogens is 1. The maximum atomic E-state index is 12.8. The zero-order chi connectivity index (χ0) is 8.27. The molecule has 0 fully saturated rings. The van der Waals surface area contributed by atoms with Gasteiger partial charge in [-0.3, -0.25) is 4.84 Å². The molecule has 0 spiro atoms. The molecule has 0 aliphatic heterocycles. The van der Waals surface area contributed by atoms with E-state index in [0.29, 0.717) is 4.47 Å². The molecule has 0 atom stereocenters. The summed E-state index contributed by atoms with van der Waals surface area (Å²) in [5.41, 5.74) is 2.30. The predicted octanol–water partition coefficient (Wildman–Crippen LogP) is 1.96. The standard InChI is InChI=1S/C6H6BrFN2O/c1-11-10-6-5(8)2-4(7)3-9-6/h2-3H,1H3,(H,9,10). The second-order valence-electron chi connectivity index (χ2n) is 1.79. The number of nitrogens with zero attached hydrogens (tertiary/aromatic N) is 1. The van der Waals surface area contributed by atoms with Crippen LogP contribution in [0.3, 0.4) is 0 Å². The van der Waals surface area contributed by atoms with Crippen LogP contribution in [0, 0.1) is 5.82 Å². The van der Waals surface area contributed by atoms with Crippen LogP contribution in [0.25, 0.3) is 0 Å². The van der Waals surface area contributed by atoms with E-state index in [-0.39, 0.29) is 5.82 Å². The monoisotopic (exact) mass is 220 g/mol. The van der Waals surface area contributed by atoms with Gasteiger partial charge in [-0.05, 0) is 22.0 Å². The van der Waals surface area contributed by atoms with Crippen molar-refractivity contribution < 1.29 is 9.23 Å². The average Bonchev–Trinajstić information content (AvgIpc) is 1.95. The minimum Gasteiger partial charge on any atom is -0.278 e. The van der Waals surface area contributed by atoms with E-state index in [9.17, 15) is 4.39 Å². The Hall–Kier alpha value is -0.680. The van der Waals surface area contributed by atoms with Gasteiger partial charge < -0.3 is 0 Å². The zero-order valence-corrected chi connectivity index (χ0v) is 7.35. The van der Waals surface area contributed by atoms with E-state index in [0.717, 1.165) is 0 Å². The van der Waals surface area contributed by atoms with Crippen molar-refractivity contribution in [2.45, 2.75) is 0 Å². The Bertz CT molecular complexity index is 256. The maximum Gasteiger partial charge on any atom is 0.186 e. The predicted molar refractivity (Wildman–Crippen MR) is 42.5 cm³/mol. The first-order valence-electron chi connectivity index (χ1n) is 2.84. The second kappa shape index (κ2) is 3.64. The molecule has 0 aromatic carbocycles. The van der Waals surface area contributed by atoms with E-state index in [4.69, 9.17) is 0 Å². The molecule has 5 heteroatoms. The van der Waals surface area contributed by atoms with Crippen molar-refractivity contribution >= 4 is 21.7 Å². The zero-order valence-electron chi connectivity index (χ0n) is 5.77. The summed E-state index contributed by atoms with van der Waals surface area (Å²) in [4.78, 5) is 8.19. The number of hydrogen-bond acceptors (Lipinski definition) is 3. The van der Waals surface area contributed by atoms with Gasteiger partial charge in [0.05, 0.1) is 7.11 Å². The molecule has 0 aliphatic carbocycles. The normalized spacial score (nSPS) is 9.73. The molecule has 0 unspecified atom stereocenters. The van der Waals surface area contributed by atoms with E-state index >= 15 is 0 Å². The molecule has 1 rings (SSSR count). The van der Waals surface area contributed by atoms with Crippen LogP contribution in [-0.2, 0) is 4.84 Å². The first-order valence-corrected chi connectivity index (χ1v) is 3.63. The summed E-state index contributed by atoms with van der Waals surface area (Å²) in [6, 6.07) is 1.30. The van der Waals surface area contributed by atoms with Crippen molar-refractivity contribution in [3.8, 4) is 0 Å². The molecule has 0 saturated carbocycles. The maximum absolute atomic E-state index is 12.8. The van der Waals surface area contributed by atoms with Gasteiger partial charge in [-0.1, -0.05) is 0 Å². The van der Waals surface area contributed by atoms with Crippen LogP contribution in [0.5, 0.6) is 0 Å². The first kappa shape index (κ1) is 8.42. The van der Waals surface area contributed by atoms with Gasteiger partial charge in [0.15, 0.2) is 11.6 Å². The summed E-state index contributed by atoms with van der Waals surface area (Å²) in [6.07, 6.45) is 1.48. The molecular weight excluding hydrogens is 215 g/mol. The van der Waals surface area contributed by atoms with E-state index in [1.807, 2.05) is 0 Å². The minimum atomic E-state index is -0.457. The molecule has 0 aliphatic rings. The Balaban J connectivity index is 2.90. The van der Waals surface area contributed by atoms with E-state index in [2.05, 4.69) is 31.2 Å². The number of nitrogens with one attached hydrogen (secondary N) is 1. The van der Waals surface area contributed by atoms with Crippen LogP contribution in [0.2, 0.25) is 0 Å². The largest absolute Gasteiger partial charge is 0.278 e. The summed E-state index contributed by atoms with van der Waals surface area (Å²) < 4.78 is 13.4. The molecule has 0 saturated heterocycles. The van der Waals surface area contributed by atoms with Gasteiger partial charge in [-0.25, -0.2) is 14.9 Å². The molecule has 1 heterocycles. The lowest BCUT2D eigenvalue weighted by Crippen LogP contribution is -2.00. The van der Waals surface area contributed by atoms with Gasteiger partial charge >= 0.3 is 0 Å². The number of halogens is 2. The molecule has 1 aromatic heterocycles. The average molecular weight is 221 g/mol. The summed E-state index contributed by atoms with van der Waals surface area (Å²) in [7, 11) is 1.39. The van der Waals surface area contributed by atoms with Crippen molar-refractivity contribution in [1.82, 2.24) is 4.98 Å². The second-order valence-corrected chi connectivity index (χ2v) is 2.71. The highest BCUT2D eigenvalue weighted by molar-refractivity contribution is 9.10. The number of hydrogen-bond donors (Lipinski definition) is 1. The molecule has 1 N–H and O–H groups in total. The molecule has 11 heavy (non-hydrogen) atoms. The quantitative estimate of drug-likeness (QED) is 0.775. The Labute approximate surface area is 71.7 Å². The lowest BCUT2D eigenvalue weighted by atomic mass is 10.4. The number of pyridine rings is 1. The Morgan fingerprint density at radius 3 is 3.00 bits per heavy atom. The Morgan fingerprint density at radius 1 is 1.73 bits per heavy atom. The van der Waals surface area contributed by atoms with Gasteiger partial charge in [0.1, 0.15) is 0 Å². The highest BCUT2D eigenvalue weighted by Crippen LogP contribution is 2.15. The Morgan fingerprint density at radius 2 is 2.45 bits per heavy atom. The lowest BCUT2D eigenvalue weighted by molar-refractivity contribution is 0.266. The summed E-state index contributed by atoms with van der Waals surface area (Å²) in [5, 5.41) is 0. The van der Waals surface area contributed by atoms with E-state index < -0.39 is 5.82 Å². The van der Waals surface area contributed by atoms with Crippen molar-refractivity contribution in [3.63, 3.8) is 0 Å². The van der Waals surface area contributed by atoms with Crippen molar-refractivity contribution in [2.75, 3.05) is 12.6 Å². The number of anilines is 1. The molecule has 60 valence electrons. The van der Waals surface area contributed by atoms with Crippen LogP contribution in [-0.4, -0.2) is 12.1 Å². The van der Waals surface area contributed by atoms with E-state index in [1.165, 1.54) is 19.4 Å². The fourth-order valence-corrected chi connectivity index (χ4v) is 0.890. The van der Waals surface area contributed by atoms with E-state index in [1.54, 1.807) is 0 Å². The van der Waals surface area contributed by atoms with Crippen molar-refractivity contribution in [1.29, 1.82) is 0 Å². The highest BCUT2D eigenvalue weighted by Gasteiger charge is 2.01. The van der Waals surface area contributed by atoms with Gasteiger partial charge in [-0.2, -0.15) is 0 Å². The molecule has 0 bridgehead atoms. The SMILES string of the molecule is CONc1ncc(Br)cc1F. The fourth-order valence-electron chi connectivity index (χ4n) is 0.586. The Kier molecular flexibility index (Phi) is 2.78. The molecule has 3 nitrogen and oxygen atoms in total. The third-order valence-corrected chi connectivity index (χ3v) is 1.44. The first-order chi connectivity index (χ1) is 5.24. The highest BCUT2D eigenvalue weighted by atomic mass is 79.9. The molecule has 1 aromatic rings. The van der Waals surface area contributed by atoms with Crippen LogP contribution < -0.4 is 5.48 Å². The lowest BCUT2D eigenvalue weighted by Gasteiger charge is -2.02. The summed E-state index contributed by atoms with van der Waals surface area (Å²) in [5.74, 6) is -0.378. The minimum absolute atomic E-state index is 0.0794. The van der Waals surface area contributed by atoms with Crippen molar-refractivity contribution in [3.05, 3.63) is 22.6 Å². The summed E-state index contributed by atoms with van der Waals surface area (Å²) >= 11 is 3.08. The van der Waals surface area contributed by atoms with Crippen LogP contribution in [0.15, 0.2) is 16.7 Å². The topological polar surface area (TPSA) is 34.1 Å². The van der Waals surface area contributed by atoms with Crippen LogP contribution >= 0.6 is 15.9 Å². The third kappa shape index (κ3) is 2.13. The third-order valence-electron chi connectivity index (χ3n) is 1.01. The van der Waals surface area contributed by atoms with Crippen LogP contribution in [0.1, 0.15) is 0 Å². The van der Waals surface area contributed by atoms with Crippen molar-refractivity contribution in [2.24, 2.45) is 0 Å². The summed E-state index contributed by atoms with van der Waals surface area (Å²) in [6.45, 7) is 0. The van der Waals surface area contributed by atoms with Gasteiger partial charge in [0, 0.05) is 10.7 Å². The molecule has 0 amide bonds. The smallest absolute Gasteiger partial charge is 0.186 e. The molecular formula is C6H6BrFN2O. The fraction of sp³-hybridized carbons (Fsp3) is 0.167. The van der Waals surface area contributed by atoms with Crippen LogP contribution in [0.4, 0.5) is 10.2 Å². The van der Waals surface area contributed by atoms with Gasteiger partial charge in [0.25, 0.3) is 0 Å². The molecule has 0 radical (unpaired) electrons. The number of rotatable bonds is 2. The van der Waals surface area contributed by atoms with Gasteiger partial charge in [-0.15, -0.1) is 0 Å².